The molecular weight excluding hydrogens is 418 g/mol. The van der Waals surface area contributed by atoms with E-state index in [1.807, 2.05) is 68.4 Å². The number of hydrogen-bond donors (Lipinski definition) is 0. The van der Waals surface area contributed by atoms with Gasteiger partial charge in [0.15, 0.2) is 0 Å². The predicted octanol–water partition coefficient (Wildman–Crippen LogP) is 6.71. The molecule has 1 heterocycles. The minimum atomic E-state index is -0.195. The minimum absolute atomic E-state index is 0.0757. The van der Waals surface area contributed by atoms with Gasteiger partial charge in [-0.15, -0.1) is 0 Å². The summed E-state index contributed by atoms with van der Waals surface area (Å²) in [7, 11) is 0. The molecule has 0 radical (unpaired) electrons. The third-order valence-electron chi connectivity index (χ3n) is 5.34. The first-order valence-corrected chi connectivity index (χ1v) is 12.4. The Balaban J connectivity index is 1.81. The van der Waals surface area contributed by atoms with Crippen molar-refractivity contribution in [3.63, 3.8) is 0 Å². The fourth-order valence-electron chi connectivity index (χ4n) is 3.74. The van der Waals surface area contributed by atoms with Crippen LogP contribution >= 0.6 is 11.8 Å². The Morgan fingerprint density at radius 3 is 2.16 bits per heavy atom. The number of imide groups is 1. The number of nitrogens with zero attached hydrogens (tertiary/aromatic N) is 1. The first-order chi connectivity index (χ1) is 15.5. The summed E-state index contributed by atoms with van der Waals surface area (Å²) in [4.78, 5) is 29.5. The van der Waals surface area contributed by atoms with Gasteiger partial charge < -0.3 is 4.74 Å². The highest BCUT2D eigenvalue weighted by Gasteiger charge is 2.39. The Morgan fingerprint density at radius 2 is 1.50 bits per heavy atom. The van der Waals surface area contributed by atoms with Gasteiger partial charge in [-0.1, -0.05) is 81.1 Å². The lowest BCUT2D eigenvalue weighted by Crippen LogP contribution is -2.32. The second kappa shape index (κ2) is 11.9. The van der Waals surface area contributed by atoms with Crippen molar-refractivity contribution in [3.05, 3.63) is 65.1 Å². The number of carbonyl (C=O) groups excluding carboxylic acids is 2. The molecule has 2 aromatic rings. The van der Waals surface area contributed by atoms with Gasteiger partial charge in [0.05, 0.1) is 16.6 Å². The Labute approximate surface area is 196 Å². The number of ether oxygens (including phenoxy) is 1. The standard InChI is InChI=1S/C27H33NO3S/c1-4-5-6-7-8-12-19-28-26(29)24(21-15-17-22(18-16-21)31-20(2)3)25(27(28)30)32-23-13-10-9-11-14-23/h9-11,13-18,20H,4-8,12,19H2,1-3H3. The average Bonchev–Trinajstić information content (AvgIpc) is 3.01. The lowest BCUT2D eigenvalue weighted by Gasteiger charge is -2.15. The van der Waals surface area contributed by atoms with Crippen LogP contribution in [-0.2, 0) is 9.59 Å². The van der Waals surface area contributed by atoms with Gasteiger partial charge in [-0.05, 0) is 50.1 Å². The topological polar surface area (TPSA) is 46.6 Å². The van der Waals surface area contributed by atoms with Crippen LogP contribution in [0.15, 0.2) is 64.4 Å². The molecule has 0 atom stereocenters. The van der Waals surface area contributed by atoms with Crippen LogP contribution in [0.25, 0.3) is 5.57 Å². The average molecular weight is 452 g/mol. The zero-order valence-electron chi connectivity index (χ0n) is 19.3. The van der Waals surface area contributed by atoms with E-state index < -0.39 is 0 Å². The van der Waals surface area contributed by atoms with Crippen LogP contribution < -0.4 is 4.74 Å². The van der Waals surface area contributed by atoms with Crippen molar-refractivity contribution in [2.75, 3.05) is 6.54 Å². The summed E-state index contributed by atoms with van der Waals surface area (Å²) in [5.74, 6) is 0.372. The number of thioether (sulfide) groups is 1. The first kappa shape index (κ1) is 24.1. The zero-order chi connectivity index (χ0) is 22.9. The van der Waals surface area contributed by atoms with Crippen LogP contribution in [0.1, 0.15) is 64.9 Å². The van der Waals surface area contributed by atoms with Crippen molar-refractivity contribution in [2.45, 2.75) is 70.3 Å². The Bertz CT molecular complexity index is 935. The summed E-state index contributed by atoms with van der Waals surface area (Å²) in [6.45, 7) is 6.62. The van der Waals surface area contributed by atoms with E-state index in [0.717, 1.165) is 35.5 Å². The van der Waals surface area contributed by atoms with Crippen molar-refractivity contribution in [3.8, 4) is 5.75 Å². The Hall–Kier alpha value is -2.53. The normalized spacial score (nSPS) is 14.1. The van der Waals surface area contributed by atoms with Gasteiger partial charge in [-0.25, -0.2) is 0 Å². The lowest BCUT2D eigenvalue weighted by molar-refractivity contribution is -0.136. The molecule has 170 valence electrons. The van der Waals surface area contributed by atoms with E-state index in [1.54, 1.807) is 0 Å². The van der Waals surface area contributed by atoms with E-state index in [1.165, 1.54) is 35.9 Å². The molecule has 0 bridgehead atoms. The molecule has 0 N–H and O–H groups in total. The fourth-order valence-corrected chi connectivity index (χ4v) is 4.77. The highest BCUT2D eigenvalue weighted by molar-refractivity contribution is 8.04. The number of carbonyl (C=O) groups is 2. The molecule has 0 saturated heterocycles. The summed E-state index contributed by atoms with van der Waals surface area (Å²) in [5, 5.41) is 0. The molecule has 1 aliphatic rings. The monoisotopic (exact) mass is 451 g/mol. The molecule has 2 aromatic carbocycles. The van der Waals surface area contributed by atoms with Gasteiger partial charge in [0, 0.05) is 11.4 Å². The molecule has 3 rings (SSSR count). The van der Waals surface area contributed by atoms with E-state index in [0.29, 0.717) is 17.0 Å². The smallest absolute Gasteiger partial charge is 0.268 e. The number of hydrogen-bond acceptors (Lipinski definition) is 4. The summed E-state index contributed by atoms with van der Waals surface area (Å²) in [5.41, 5.74) is 1.24. The molecule has 2 amide bonds. The molecule has 0 unspecified atom stereocenters. The van der Waals surface area contributed by atoms with E-state index in [9.17, 15) is 9.59 Å². The maximum atomic E-state index is 13.3. The number of benzene rings is 2. The Morgan fingerprint density at radius 1 is 0.844 bits per heavy atom. The SMILES string of the molecule is CCCCCCCCN1C(=O)C(Sc2ccccc2)=C(c2ccc(OC(C)C)cc2)C1=O. The quantitative estimate of drug-likeness (QED) is 0.266. The highest BCUT2D eigenvalue weighted by Crippen LogP contribution is 2.40. The van der Waals surface area contributed by atoms with Crippen molar-refractivity contribution >= 4 is 29.1 Å². The molecule has 0 spiro atoms. The molecule has 0 saturated carbocycles. The van der Waals surface area contributed by atoms with Gasteiger partial charge in [0.25, 0.3) is 11.8 Å². The van der Waals surface area contributed by atoms with E-state index in [2.05, 4.69) is 6.92 Å². The van der Waals surface area contributed by atoms with Crippen LogP contribution in [0.2, 0.25) is 0 Å². The molecule has 0 fully saturated rings. The maximum Gasteiger partial charge on any atom is 0.268 e. The van der Waals surface area contributed by atoms with Gasteiger partial charge in [0.1, 0.15) is 5.75 Å². The van der Waals surface area contributed by atoms with Gasteiger partial charge in [-0.3, -0.25) is 14.5 Å². The molecule has 32 heavy (non-hydrogen) atoms. The van der Waals surface area contributed by atoms with Gasteiger partial charge in [0.2, 0.25) is 0 Å². The highest BCUT2D eigenvalue weighted by atomic mass is 32.2. The van der Waals surface area contributed by atoms with Crippen molar-refractivity contribution in [1.82, 2.24) is 4.90 Å². The largest absolute Gasteiger partial charge is 0.491 e. The number of amides is 2. The van der Waals surface area contributed by atoms with Crippen molar-refractivity contribution < 1.29 is 14.3 Å². The second-order valence-corrected chi connectivity index (χ2v) is 9.42. The van der Waals surface area contributed by atoms with Crippen molar-refractivity contribution in [1.29, 1.82) is 0 Å². The molecule has 0 aliphatic carbocycles. The summed E-state index contributed by atoms with van der Waals surface area (Å²) in [6.07, 6.45) is 6.76. The van der Waals surface area contributed by atoms with Crippen LogP contribution in [0.3, 0.4) is 0 Å². The third-order valence-corrected chi connectivity index (χ3v) is 6.43. The second-order valence-electron chi connectivity index (χ2n) is 8.34. The van der Waals surface area contributed by atoms with Crippen molar-refractivity contribution in [2.24, 2.45) is 0 Å². The summed E-state index contributed by atoms with van der Waals surface area (Å²) < 4.78 is 5.73. The molecule has 0 aromatic heterocycles. The van der Waals surface area contributed by atoms with E-state index in [4.69, 9.17) is 4.74 Å². The van der Waals surface area contributed by atoms with Gasteiger partial charge in [-0.2, -0.15) is 0 Å². The fraction of sp³-hybridized carbons (Fsp3) is 0.407. The molecule has 5 heteroatoms. The lowest BCUT2D eigenvalue weighted by atomic mass is 10.1. The molecule has 1 aliphatic heterocycles. The number of rotatable bonds is 12. The van der Waals surface area contributed by atoms with Crippen LogP contribution in [0.4, 0.5) is 0 Å². The molecular formula is C27H33NO3S. The number of unbranched alkanes of at least 4 members (excludes halogenated alkanes) is 5. The summed E-state index contributed by atoms with van der Waals surface area (Å²) in [6, 6.07) is 17.2. The van der Waals surface area contributed by atoms with E-state index in [-0.39, 0.29) is 17.9 Å². The Kier molecular flexibility index (Phi) is 8.98. The first-order valence-electron chi connectivity index (χ1n) is 11.6. The van der Waals surface area contributed by atoms with E-state index >= 15 is 0 Å². The third kappa shape index (κ3) is 6.26. The van der Waals surface area contributed by atoms with Gasteiger partial charge >= 0.3 is 0 Å². The maximum absolute atomic E-state index is 13.3. The minimum Gasteiger partial charge on any atom is -0.491 e. The van der Waals surface area contributed by atoms with Crippen LogP contribution in [0, 0.1) is 0 Å². The summed E-state index contributed by atoms with van der Waals surface area (Å²) >= 11 is 1.37. The zero-order valence-corrected chi connectivity index (χ0v) is 20.1. The molecule has 4 nitrogen and oxygen atoms in total. The van der Waals surface area contributed by atoms with Crippen LogP contribution in [0.5, 0.6) is 5.75 Å². The van der Waals surface area contributed by atoms with Crippen LogP contribution in [-0.4, -0.2) is 29.4 Å². The predicted molar refractivity (Wildman–Crippen MR) is 132 cm³/mol.